The maximum Gasteiger partial charge on any atom is 0.277 e. The molecule has 0 saturated carbocycles. The molecule has 1 rings (SSSR count). The Hall–Kier alpha value is -0.460. The van der Waals surface area contributed by atoms with Crippen molar-refractivity contribution in [2.24, 2.45) is 11.7 Å². The fourth-order valence-corrected chi connectivity index (χ4v) is 1.17. The number of hydrogen-bond acceptors (Lipinski definition) is 3. The number of ether oxygens (including phenoxy) is 1. The molecule has 3 N–H and O–H groups in total. The smallest absolute Gasteiger partial charge is 0.277 e. The Labute approximate surface area is 92.9 Å². The van der Waals surface area contributed by atoms with Gasteiger partial charge in [-0.1, -0.05) is 0 Å². The van der Waals surface area contributed by atoms with E-state index in [1.807, 2.05) is 0 Å². The van der Waals surface area contributed by atoms with Gasteiger partial charge in [-0.25, -0.2) is 8.78 Å². The summed E-state index contributed by atoms with van der Waals surface area (Å²) in [7, 11) is 0. The molecule has 1 heterocycles. The first-order valence-corrected chi connectivity index (χ1v) is 4.48. The lowest BCUT2D eigenvalue weighted by molar-refractivity contribution is -0.126. The van der Waals surface area contributed by atoms with Crippen molar-refractivity contribution in [3.05, 3.63) is 0 Å². The molecule has 1 aliphatic heterocycles. The predicted octanol–water partition coefficient (Wildman–Crippen LogP) is 0.155. The number of nitrogens with one attached hydrogen (secondary N) is 1. The Morgan fingerprint density at radius 1 is 1.60 bits per heavy atom. The molecule has 0 aromatic rings. The topological polar surface area (TPSA) is 64.3 Å². The molecule has 0 aromatic carbocycles. The lowest BCUT2D eigenvalue weighted by Gasteiger charge is -2.16. The summed E-state index contributed by atoms with van der Waals surface area (Å²) in [4.78, 5) is 11.2. The van der Waals surface area contributed by atoms with E-state index in [9.17, 15) is 13.6 Å². The van der Waals surface area contributed by atoms with Gasteiger partial charge in [-0.15, -0.1) is 12.4 Å². The number of carbonyl (C=O) groups excluding carboxylic acids is 1. The van der Waals surface area contributed by atoms with Crippen molar-refractivity contribution in [3.8, 4) is 0 Å². The van der Waals surface area contributed by atoms with E-state index < -0.39 is 19.0 Å². The van der Waals surface area contributed by atoms with Crippen LogP contribution in [0.2, 0.25) is 0 Å². The number of halogens is 3. The Morgan fingerprint density at radius 2 is 2.27 bits per heavy atom. The van der Waals surface area contributed by atoms with E-state index in [-0.39, 0.29) is 24.2 Å². The zero-order valence-electron chi connectivity index (χ0n) is 8.17. The molecular formula is C8H15ClF2N2O2. The highest BCUT2D eigenvalue weighted by molar-refractivity contribution is 5.85. The molecule has 1 amide bonds. The summed E-state index contributed by atoms with van der Waals surface area (Å²) in [5, 5.41) is 2.17. The molecule has 1 aliphatic rings. The van der Waals surface area contributed by atoms with Gasteiger partial charge in [0.2, 0.25) is 5.91 Å². The van der Waals surface area contributed by atoms with Crippen LogP contribution in [0.3, 0.4) is 0 Å². The summed E-state index contributed by atoms with van der Waals surface area (Å²) in [6.45, 7) is -0.612. The van der Waals surface area contributed by atoms with Gasteiger partial charge in [-0.3, -0.25) is 4.79 Å². The van der Waals surface area contributed by atoms with Crippen LogP contribution < -0.4 is 11.1 Å². The van der Waals surface area contributed by atoms with E-state index in [0.29, 0.717) is 19.6 Å². The van der Waals surface area contributed by atoms with E-state index in [0.717, 1.165) is 0 Å². The molecular weight excluding hydrogens is 230 g/mol. The van der Waals surface area contributed by atoms with Crippen LogP contribution in [0.15, 0.2) is 0 Å². The first-order chi connectivity index (χ1) is 6.55. The number of hydrogen-bond donors (Lipinski definition) is 2. The molecule has 0 bridgehead atoms. The third-order valence-electron chi connectivity index (χ3n) is 2.12. The van der Waals surface area contributed by atoms with Crippen molar-refractivity contribution >= 4 is 18.3 Å². The van der Waals surface area contributed by atoms with Crippen LogP contribution in [-0.4, -0.2) is 38.1 Å². The summed E-state index contributed by atoms with van der Waals surface area (Å²) >= 11 is 0. The lowest BCUT2D eigenvalue weighted by Crippen LogP contribution is -2.43. The molecule has 90 valence electrons. The Bertz CT molecular complexity index is 211. The van der Waals surface area contributed by atoms with E-state index in [1.54, 1.807) is 0 Å². The predicted molar refractivity (Wildman–Crippen MR) is 53.2 cm³/mol. The van der Waals surface area contributed by atoms with Crippen molar-refractivity contribution in [1.29, 1.82) is 0 Å². The van der Waals surface area contributed by atoms with Gasteiger partial charge in [0.05, 0.1) is 25.6 Å². The average Bonchev–Trinajstić information content (AvgIpc) is 2.67. The van der Waals surface area contributed by atoms with Crippen LogP contribution in [0.25, 0.3) is 0 Å². The Kier molecular flexibility index (Phi) is 6.00. The van der Waals surface area contributed by atoms with Crippen molar-refractivity contribution in [2.45, 2.75) is 12.3 Å². The number of nitrogens with two attached hydrogens (primary N) is 1. The van der Waals surface area contributed by atoms with E-state index in [1.165, 1.54) is 0 Å². The summed E-state index contributed by atoms with van der Waals surface area (Å²) in [5.41, 5.74) is 4.82. The second-order valence-electron chi connectivity index (χ2n) is 3.34. The lowest BCUT2D eigenvalue weighted by atomic mass is 10.1. The maximum absolute atomic E-state index is 12.6. The summed E-state index contributed by atoms with van der Waals surface area (Å²) < 4.78 is 30.2. The van der Waals surface area contributed by atoms with Gasteiger partial charge >= 0.3 is 0 Å². The number of alkyl halides is 2. The van der Waals surface area contributed by atoms with Crippen LogP contribution in [0.1, 0.15) is 6.42 Å². The number of amides is 1. The number of carbonyl (C=O) groups is 1. The van der Waals surface area contributed by atoms with Gasteiger partial charge in [-0.2, -0.15) is 0 Å². The molecule has 0 spiro atoms. The largest absolute Gasteiger partial charge is 0.381 e. The molecule has 7 heteroatoms. The summed E-state index contributed by atoms with van der Waals surface area (Å²) in [5.74, 6) is -3.69. The monoisotopic (exact) mass is 244 g/mol. The normalized spacial score (nSPS) is 20.9. The number of rotatable bonds is 4. The van der Waals surface area contributed by atoms with E-state index in [4.69, 9.17) is 10.5 Å². The van der Waals surface area contributed by atoms with E-state index >= 15 is 0 Å². The zero-order valence-corrected chi connectivity index (χ0v) is 8.99. The van der Waals surface area contributed by atoms with Gasteiger partial charge < -0.3 is 15.8 Å². The zero-order chi connectivity index (χ0) is 10.6. The van der Waals surface area contributed by atoms with Crippen molar-refractivity contribution in [2.75, 3.05) is 26.3 Å². The second kappa shape index (κ2) is 6.19. The SMILES string of the molecule is Cl.NCC(F)(F)CNC(=O)C1CCOC1. The molecule has 1 unspecified atom stereocenters. The molecule has 15 heavy (non-hydrogen) atoms. The van der Waals surface area contributed by atoms with Gasteiger partial charge in [0.25, 0.3) is 5.92 Å². The highest BCUT2D eigenvalue weighted by Gasteiger charge is 2.30. The molecule has 0 aromatic heterocycles. The standard InChI is InChI=1S/C8H14F2N2O2.ClH/c9-8(10,4-11)5-12-7(13)6-1-2-14-3-6;/h6H,1-5,11H2,(H,12,13);1H. The minimum absolute atomic E-state index is 0. The quantitative estimate of drug-likeness (QED) is 0.740. The van der Waals surface area contributed by atoms with Gasteiger partial charge in [0.1, 0.15) is 0 Å². The average molecular weight is 245 g/mol. The van der Waals surface area contributed by atoms with Crippen molar-refractivity contribution < 1.29 is 18.3 Å². The fraction of sp³-hybridized carbons (Fsp3) is 0.875. The summed E-state index contributed by atoms with van der Waals surface area (Å²) in [6, 6.07) is 0. The minimum Gasteiger partial charge on any atom is -0.381 e. The molecule has 4 nitrogen and oxygen atoms in total. The Morgan fingerprint density at radius 3 is 2.73 bits per heavy atom. The van der Waals surface area contributed by atoms with Crippen LogP contribution in [0.5, 0.6) is 0 Å². The molecule has 0 aliphatic carbocycles. The van der Waals surface area contributed by atoms with Crippen molar-refractivity contribution in [3.63, 3.8) is 0 Å². The highest BCUT2D eigenvalue weighted by Crippen LogP contribution is 2.13. The third-order valence-corrected chi connectivity index (χ3v) is 2.12. The third kappa shape index (κ3) is 4.72. The molecule has 0 radical (unpaired) electrons. The molecule has 1 atom stereocenters. The summed E-state index contributed by atoms with van der Waals surface area (Å²) in [6.07, 6.45) is 0.597. The first kappa shape index (κ1) is 14.5. The highest BCUT2D eigenvalue weighted by atomic mass is 35.5. The van der Waals surface area contributed by atoms with Gasteiger partial charge in [-0.05, 0) is 6.42 Å². The maximum atomic E-state index is 12.6. The van der Waals surface area contributed by atoms with Crippen LogP contribution in [0, 0.1) is 5.92 Å². The van der Waals surface area contributed by atoms with Gasteiger partial charge in [0, 0.05) is 6.61 Å². The first-order valence-electron chi connectivity index (χ1n) is 4.48. The molecule has 1 fully saturated rings. The molecule has 1 saturated heterocycles. The minimum atomic E-state index is -3.02. The van der Waals surface area contributed by atoms with E-state index in [2.05, 4.69) is 5.32 Å². The van der Waals surface area contributed by atoms with Crippen LogP contribution in [0.4, 0.5) is 8.78 Å². The van der Waals surface area contributed by atoms with Crippen LogP contribution in [-0.2, 0) is 9.53 Å². The van der Waals surface area contributed by atoms with Crippen LogP contribution >= 0.6 is 12.4 Å². The van der Waals surface area contributed by atoms with Crippen molar-refractivity contribution in [1.82, 2.24) is 5.32 Å². The second-order valence-corrected chi connectivity index (χ2v) is 3.34. The Balaban J connectivity index is 0.00000196. The van der Waals surface area contributed by atoms with Gasteiger partial charge in [0.15, 0.2) is 0 Å². The fourth-order valence-electron chi connectivity index (χ4n) is 1.17.